The molecule has 4 heteroatoms. The molecule has 106 valence electrons. The summed E-state index contributed by atoms with van der Waals surface area (Å²) in [7, 11) is -1.24. The molecule has 2 heterocycles. The first-order valence-corrected chi connectivity index (χ1v) is 11.4. The van der Waals surface area contributed by atoms with Crippen LogP contribution in [0.2, 0.25) is 25.7 Å². The molecule has 0 spiro atoms. The fraction of sp³-hybridized carbons (Fsp3) is 0.800. The summed E-state index contributed by atoms with van der Waals surface area (Å²) >= 11 is 0. The molecule has 1 aliphatic carbocycles. The third-order valence-corrected chi connectivity index (χ3v) is 6.02. The summed E-state index contributed by atoms with van der Waals surface area (Å²) in [6.07, 6.45) is 6.02. The molecule has 3 nitrogen and oxygen atoms in total. The summed E-state index contributed by atoms with van der Waals surface area (Å²) in [5.41, 5.74) is 1.47. The lowest BCUT2D eigenvalue weighted by Crippen LogP contribution is -2.46. The van der Waals surface area contributed by atoms with E-state index in [2.05, 4.69) is 19.6 Å². The second-order valence-electron chi connectivity index (χ2n) is 7.49. The van der Waals surface area contributed by atoms with Crippen molar-refractivity contribution in [2.24, 2.45) is 5.92 Å². The average Bonchev–Trinajstić information content (AvgIpc) is 2.58. The van der Waals surface area contributed by atoms with Gasteiger partial charge >= 0.3 is 6.09 Å². The minimum absolute atomic E-state index is 0.0733. The Kier molecular flexibility index (Phi) is 3.24. The molecule has 0 aromatic rings. The van der Waals surface area contributed by atoms with Gasteiger partial charge in [0.25, 0.3) is 0 Å². The fourth-order valence-corrected chi connectivity index (χ4v) is 5.14. The number of allylic oxidation sites excluding steroid dienone is 1. The van der Waals surface area contributed by atoms with Crippen LogP contribution in [-0.4, -0.2) is 31.7 Å². The molecule has 1 saturated carbocycles. The molecule has 19 heavy (non-hydrogen) atoms. The highest BCUT2D eigenvalue weighted by molar-refractivity contribution is 6.76. The molecule has 1 saturated heterocycles. The zero-order chi connectivity index (χ0) is 13.6. The smallest absolute Gasteiger partial charge is 0.415 e. The molecule has 1 amide bonds. The van der Waals surface area contributed by atoms with Crippen molar-refractivity contribution in [2.45, 2.75) is 63.8 Å². The summed E-state index contributed by atoms with van der Waals surface area (Å²) in [6.45, 7) is 7.94. The third-order valence-electron chi connectivity index (χ3n) is 4.64. The Labute approximate surface area is 117 Å². The van der Waals surface area contributed by atoms with E-state index in [0.29, 0.717) is 12.0 Å². The van der Waals surface area contributed by atoms with E-state index in [1.165, 1.54) is 24.8 Å². The highest BCUT2D eigenvalue weighted by Crippen LogP contribution is 2.45. The maximum atomic E-state index is 12.3. The van der Waals surface area contributed by atoms with Crippen molar-refractivity contribution < 1.29 is 9.53 Å². The molecule has 0 N–H and O–H groups in total. The van der Waals surface area contributed by atoms with Gasteiger partial charge in [-0.1, -0.05) is 26.1 Å². The van der Waals surface area contributed by atoms with E-state index < -0.39 is 8.07 Å². The van der Waals surface area contributed by atoms with E-state index in [1.807, 2.05) is 4.90 Å². The predicted octanol–water partition coefficient (Wildman–Crippen LogP) is 3.99. The first kappa shape index (κ1) is 13.2. The Morgan fingerprint density at radius 1 is 1.26 bits per heavy atom. The van der Waals surface area contributed by atoms with Gasteiger partial charge in [0.1, 0.15) is 5.76 Å². The van der Waals surface area contributed by atoms with Crippen molar-refractivity contribution in [1.29, 1.82) is 0 Å². The molecular formula is C15H25NO2Si. The van der Waals surface area contributed by atoms with Crippen molar-refractivity contribution in [3.63, 3.8) is 0 Å². The van der Waals surface area contributed by atoms with Gasteiger partial charge in [0.15, 0.2) is 0 Å². The Bertz CT molecular complexity index is 424. The SMILES string of the molecule is C[Si](C)(C)CC1=C2CC[C@H]3CCCCN(C(=O)O1)[C@H]23. The standard InChI is InChI=1S/C15H25NO2Si/c1-19(2,3)10-13-12-8-7-11-6-4-5-9-16(14(11)12)15(17)18-13/h11,14H,4-10H2,1-3H3/t11-,14+/m1/s1. The van der Waals surface area contributed by atoms with Crippen LogP contribution in [-0.2, 0) is 4.74 Å². The van der Waals surface area contributed by atoms with Gasteiger partial charge in [-0.3, -0.25) is 0 Å². The molecule has 0 unspecified atom stereocenters. The first-order valence-electron chi connectivity index (χ1n) is 7.66. The van der Waals surface area contributed by atoms with Crippen molar-refractivity contribution in [3.05, 3.63) is 11.3 Å². The van der Waals surface area contributed by atoms with Crippen LogP contribution in [0.25, 0.3) is 0 Å². The molecule has 0 bridgehead atoms. The normalized spacial score (nSPS) is 31.1. The van der Waals surface area contributed by atoms with Gasteiger partial charge in [0, 0.05) is 12.6 Å². The molecule has 2 atom stereocenters. The lowest BCUT2D eigenvalue weighted by molar-refractivity contribution is 0.0949. The minimum atomic E-state index is -1.24. The largest absolute Gasteiger partial charge is 0.415 e. The van der Waals surface area contributed by atoms with E-state index in [-0.39, 0.29) is 6.09 Å². The molecule has 0 aromatic carbocycles. The lowest BCUT2D eigenvalue weighted by atomic mass is 9.96. The number of cyclic esters (lactones) is 1. The van der Waals surface area contributed by atoms with Crippen molar-refractivity contribution in [2.75, 3.05) is 6.54 Å². The Balaban J connectivity index is 1.95. The summed E-state index contributed by atoms with van der Waals surface area (Å²) in [5, 5.41) is 0. The monoisotopic (exact) mass is 279 g/mol. The zero-order valence-electron chi connectivity index (χ0n) is 12.4. The van der Waals surface area contributed by atoms with Crippen LogP contribution < -0.4 is 0 Å². The third kappa shape index (κ3) is 2.47. The molecule has 3 aliphatic rings. The lowest BCUT2D eigenvalue weighted by Gasteiger charge is -2.37. The minimum Gasteiger partial charge on any atom is -0.415 e. The van der Waals surface area contributed by atoms with E-state index in [0.717, 1.165) is 31.2 Å². The second kappa shape index (κ2) is 4.65. The molecule has 0 aromatic heterocycles. The first-order chi connectivity index (χ1) is 8.96. The van der Waals surface area contributed by atoms with E-state index in [9.17, 15) is 4.79 Å². The van der Waals surface area contributed by atoms with Crippen molar-refractivity contribution in [3.8, 4) is 0 Å². The number of carbonyl (C=O) groups is 1. The van der Waals surface area contributed by atoms with Crippen molar-refractivity contribution >= 4 is 14.2 Å². The van der Waals surface area contributed by atoms with E-state index >= 15 is 0 Å². The number of hydrogen-bond acceptors (Lipinski definition) is 2. The van der Waals surface area contributed by atoms with Crippen molar-refractivity contribution in [1.82, 2.24) is 4.90 Å². The summed E-state index contributed by atoms with van der Waals surface area (Å²) in [5.74, 6) is 1.75. The molecule has 3 rings (SSSR count). The van der Waals surface area contributed by atoms with E-state index in [1.54, 1.807) is 0 Å². The number of carbonyl (C=O) groups excluding carboxylic acids is 1. The van der Waals surface area contributed by atoms with Gasteiger partial charge in [0.2, 0.25) is 0 Å². The summed E-state index contributed by atoms with van der Waals surface area (Å²) in [6, 6.07) is 1.40. The number of hydrogen-bond donors (Lipinski definition) is 0. The van der Waals surface area contributed by atoms with Gasteiger partial charge in [0.05, 0.1) is 14.1 Å². The number of nitrogens with zero attached hydrogens (tertiary/aromatic N) is 1. The Morgan fingerprint density at radius 3 is 2.79 bits per heavy atom. The van der Waals surface area contributed by atoms with Crippen LogP contribution in [0.4, 0.5) is 4.79 Å². The van der Waals surface area contributed by atoms with Crippen LogP contribution in [0, 0.1) is 5.92 Å². The van der Waals surface area contributed by atoms with Crippen LogP contribution in [0.1, 0.15) is 32.1 Å². The predicted molar refractivity (Wildman–Crippen MR) is 78.7 cm³/mol. The highest BCUT2D eigenvalue weighted by atomic mass is 28.3. The van der Waals surface area contributed by atoms with E-state index in [4.69, 9.17) is 4.74 Å². The number of rotatable bonds is 2. The van der Waals surface area contributed by atoms with Crippen LogP contribution in [0.15, 0.2) is 11.3 Å². The van der Waals surface area contributed by atoms with Crippen LogP contribution in [0.3, 0.4) is 0 Å². The molecule has 0 radical (unpaired) electrons. The van der Waals surface area contributed by atoms with Gasteiger partial charge in [-0.15, -0.1) is 0 Å². The summed E-state index contributed by atoms with van der Waals surface area (Å²) < 4.78 is 5.72. The average molecular weight is 279 g/mol. The van der Waals surface area contributed by atoms with Crippen LogP contribution in [0.5, 0.6) is 0 Å². The second-order valence-corrected chi connectivity index (χ2v) is 13.0. The molecular weight excluding hydrogens is 254 g/mol. The summed E-state index contributed by atoms with van der Waals surface area (Å²) in [4.78, 5) is 14.3. The van der Waals surface area contributed by atoms with Gasteiger partial charge < -0.3 is 9.64 Å². The van der Waals surface area contributed by atoms with Gasteiger partial charge in [-0.2, -0.15) is 0 Å². The topological polar surface area (TPSA) is 29.5 Å². The zero-order valence-corrected chi connectivity index (χ0v) is 13.4. The van der Waals surface area contributed by atoms with Gasteiger partial charge in [-0.25, -0.2) is 4.79 Å². The number of ether oxygens (including phenoxy) is 1. The molecule has 2 aliphatic heterocycles. The number of amides is 1. The Morgan fingerprint density at radius 2 is 2.05 bits per heavy atom. The quantitative estimate of drug-likeness (QED) is 0.715. The van der Waals surface area contributed by atoms with Gasteiger partial charge in [-0.05, 0) is 37.2 Å². The fourth-order valence-electron chi connectivity index (χ4n) is 3.87. The highest BCUT2D eigenvalue weighted by Gasteiger charge is 2.45. The maximum absolute atomic E-state index is 12.3. The maximum Gasteiger partial charge on any atom is 0.415 e. The Hall–Kier alpha value is -0.773. The van der Waals surface area contributed by atoms with Crippen LogP contribution >= 0.6 is 0 Å². The molecule has 2 fully saturated rings.